The number of nitrogens with zero attached hydrogens (tertiary/aromatic N) is 3. The van der Waals surface area contributed by atoms with E-state index in [4.69, 9.17) is 9.47 Å². The number of aromatic nitrogens is 1. The zero-order valence-electron chi connectivity index (χ0n) is 19.7. The molecule has 1 aliphatic heterocycles. The number of anilines is 1. The molecule has 4 rings (SSSR count). The Morgan fingerprint density at radius 2 is 1.88 bits per heavy atom. The lowest BCUT2D eigenvalue weighted by atomic mass is 10.1. The van der Waals surface area contributed by atoms with E-state index in [2.05, 4.69) is 14.8 Å². The monoisotopic (exact) mass is 486 g/mol. The van der Waals surface area contributed by atoms with Crippen LogP contribution in [0.2, 0.25) is 0 Å². The number of fused-ring (bicyclic) bond motifs is 1. The Morgan fingerprint density at radius 3 is 2.59 bits per heavy atom. The van der Waals surface area contributed by atoms with Crippen molar-refractivity contribution in [2.75, 3.05) is 59.4 Å². The lowest BCUT2D eigenvalue weighted by molar-refractivity contribution is 0.0730. The summed E-state index contributed by atoms with van der Waals surface area (Å²) in [6.45, 7) is 3.05. The van der Waals surface area contributed by atoms with Gasteiger partial charge in [0, 0.05) is 49.0 Å². The van der Waals surface area contributed by atoms with Crippen molar-refractivity contribution in [1.29, 1.82) is 0 Å². The number of hydrogen-bond donors (Lipinski definition) is 1. The Morgan fingerprint density at radius 1 is 1.12 bits per heavy atom. The molecule has 9 nitrogen and oxygen atoms in total. The first-order chi connectivity index (χ1) is 16.3. The average molecular weight is 487 g/mol. The minimum absolute atomic E-state index is 0.0498. The lowest BCUT2D eigenvalue weighted by Crippen LogP contribution is -2.40. The molecular weight excluding hydrogens is 456 g/mol. The fourth-order valence-electron chi connectivity index (χ4n) is 3.94. The molecule has 0 aliphatic carbocycles. The number of benzene rings is 2. The van der Waals surface area contributed by atoms with E-state index < -0.39 is 15.9 Å². The van der Waals surface area contributed by atoms with E-state index in [9.17, 15) is 13.2 Å². The van der Waals surface area contributed by atoms with Crippen LogP contribution < -0.4 is 10.1 Å². The summed E-state index contributed by atoms with van der Waals surface area (Å²) in [6, 6.07) is 12.1. The van der Waals surface area contributed by atoms with Gasteiger partial charge in [0.15, 0.2) is 0 Å². The van der Waals surface area contributed by atoms with Crippen LogP contribution in [-0.2, 0) is 21.3 Å². The molecule has 0 bridgehead atoms. The number of amides is 1. The molecule has 1 N–H and O–H groups in total. The van der Waals surface area contributed by atoms with E-state index in [1.807, 2.05) is 44.6 Å². The summed E-state index contributed by atoms with van der Waals surface area (Å²) >= 11 is 0. The van der Waals surface area contributed by atoms with Crippen molar-refractivity contribution in [1.82, 2.24) is 13.8 Å². The summed E-state index contributed by atoms with van der Waals surface area (Å²) in [5.41, 5.74) is 1.85. The molecule has 34 heavy (non-hydrogen) atoms. The Bertz CT molecular complexity index is 1280. The number of methoxy groups -OCH3 is 1. The number of carbonyl (C=O) groups excluding carboxylic acids is 1. The molecule has 2 heterocycles. The molecule has 3 aromatic rings. The molecule has 1 aromatic heterocycles. The highest BCUT2D eigenvalue weighted by molar-refractivity contribution is 7.89. The Balaban J connectivity index is 1.57. The maximum absolute atomic E-state index is 13.1. The molecule has 0 atom stereocenters. The lowest BCUT2D eigenvalue weighted by Gasteiger charge is -2.26. The third-order valence-electron chi connectivity index (χ3n) is 5.84. The van der Waals surface area contributed by atoms with Gasteiger partial charge in [0.1, 0.15) is 5.75 Å². The third-order valence-corrected chi connectivity index (χ3v) is 7.74. The van der Waals surface area contributed by atoms with Gasteiger partial charge in [0.05, 0.1) is 30.8 Å². The highest BCUT2D eigenvalue weighted by atomic mass is 32.2. The van der Waals surface area contributed by atoms with Crippen molar-refractivity contribution in [3.05, 3.63) is 54.2 Å². The van der Waals surface area contributed by atoms with Crippen LogP contribution in [-0.4, -0.2) is 82.2 Å². The zero-order valence-corrected chi connectivity index (χ0v) is 20.5. The summed E-state index contributed by atoms with van der Waals surface area (Å²) in [4.78, 5) is 15.3. The maximum Gasteiger partial charge on any atom is 0.259 e. The Hall–Kier alpha value is -2.92. The van der Waals surface area contributed by atoms with E-state index in [-0.39, 0.29) is 23.5 Å². The van der Waals surface area contributed by atoms with E-state index >= 15 is 0 Å². The molecular formula is C24H30N4O5S. The van der Waals surface area contributed by atoms with Crippen LogP contribution >= 0.6 is 0 Å². The van der Waals surface area contributed by atoms with Crippen LogP contribution in [0.5, 0.6) is 5.75 Å². The fourth-order valence-corrected chi connectivity index (χ4v) is 5.37. The molecule has 0 unspecified atom stereocenters. The number of ether oxygens (including phenoxy) is 2. The van der Waals surface area contributed by atoms with Gasteiger partial charge in [-0.25, -0.2) is 8.42 Å². The summed E-state index contributed by atoms with van der Waals surface area (Å²) < 4.78 is 40.3. The zero-order chi connectivity index (χ0) is 24.3. The number of morpholine rings is 1. The van der Waals surface area contributed by atoms with Gasteiger partial charge in [0.2, 0.25) is 10.0 Å². The SMILES string of the molecule is COc1ccc(S(=O)(=O)N2CCOCC2)cc1C(=O)Nc1ccc2c(ccn2CCN(C)C)c1. The number of carbonyl (C=O) groups is 1. The third kappa shape index (κ3) is 5.10. The molecule has 2 aromatic carbocycles. The quantitative estimate of drug-likeness (QED) is 0.526. The van der Waals surface area contributed by atoms with Crippen molar-refractivity contribution < 1.29 is 22.7 Å². The number of rotatable bonds is 8. The van der Waals surface area contributed by atoms with Crippen molar-refractivity contribution in [3.8, 4) is 5.75 Å². The fraction of sp³-hybridized carbons (Fsp3) is 0.375. The summed E-state index contributed by atoms with van der Waals surface area (Å²) in [7, 11) is 1.78. The molecule has 10 heteroatoms. The largest absolute Gasteiger partial charge is 0.496 e. The molecule has 0 radical (unpaired) electrons. The predicted octanol–water partition coefficient (Wildman–Crippen LogP) is 2.48. The predicted molar refractivity (Wildman–Crippen MR) is 131 cm³/mol. The van der Waals surface area contributed by atoms with Crippen molar-refractivity contribution in [2.24, 2.45) is 0 Å². The number of sulfonamides is 1. The highest BCUT2D eigenvalue weighted by Crippen LogP contribution is 2.27. The molecule has 1 amide bonds. The molecule has 1 saturated heterocycles. The van der Waals surface area contributed by atoms with E-state index in [0.29, 0.717) is 24.7 Å². The minimum Gasteiger partial charge on any atom is -0.496 e. The molecule has 182 valence electrons. The summed E-state index contributed by atoms with van der Waals surface area (Å²) in [5, 5.41) is 3.88. The average Bonchev–Trinajstić information content (AvgIpc) is 3.25. The molecule has 0 saturated carbocycles. The van der Waals surface area contributed by atoms with Crippen LogP contribution in [0, 0.1) is 0 Å². The molecule has 0 spiro atoms. The molecule has 1 fully saturated rings. The highest BCUT2D eigenvalue weighted by Gasteiger charge is 2.28. The standard InChI is InChI=1S/C24H30N4O5S/c1-26(2)10-11-27-9-8-18-16-19(4-6-22(18)27)25-24(29)21-17-20(5-7-23(21)32-3)34(30,31)28-12-14-33-15-13-28/h4-9,16-17H,10-15H2,1-3H3,(H,25,29). The first kappa shape index (κ1) is 24.2. The van der Waals surface area contributed by atoms with E-state index in [1.54, 1.807) is 0 Å². The molecule has 1 aliphatic rings. The van der Waals surface area contributed by atoms with Gasteiger partial charge in [-0.2, -0.15) is 4.31 Å². The van der Waals surface area contributed by atoms with Crippen LogP contribution in [0.25, 0.3) is 10.9 Å². The van der Waals surface area contributed by atoms with Crippen molar-refractivity contribution in [3.63, 3.8) is 0 Å². The first-order valence-corrected chi connectivity index (χ1v) is 12.5. The van der Waals surface area contributed by atoms with Gasteiger partial charge < -0.3 is 24.3 Å². The van der Waals surface area contributed by atoms with E-state index in [1.165, 1.54) is 29.6 Å². The van der Waals surface area contributed by atoms with Gasteiger partial charge in [-0.05, 0) is 56.6 Å². The summed E-state index contributed by atoms with van der Waals surface area (Å²) in [5.74, 6) is -0.142. The van der Waals surface area contributed by atoms with Crippen molar-refractivity contribution in [2.45, 2.75) is 11.4 Å². The normalized spacial score (nSPS) is 15.1. The van der Waals surface area contributed by atoms with Gasteiger partial charge in [-0.3, -0.25) is 4.79 Å². The Kier molecular flexibility index (Phi) is 7.22. The van der Waals surface area contributed by atoms with Gasteiger partial charge in [-0.15, -0.1) is 0 Å². The number of nitrogens with one attached hydrogen (secondary N) is 1. The Labute approximate surface area is 199 Å². The first-order valence-electron chi connectivity index (χ1n) is 11.1. The smallest absolute Gasteiger partial charge is 0.259 e. The van der Waals surface area contributed by atoms with Crippen LogP contribution in [0.3, 0.4) is 0 Å². The van der Waals surface area contributed by atoms with Crippen LogP contribution in [0.15, 0.2) is 53.6 Å². The van der Waals surface area contributed by atoms with Crippen LogP contribution in [0.4, 0.5) is 5.69 Å². The second-order valence-corrected chi connectivity index (χ2v) is 10.4. The van der Waals surface area contributed by atoms with Crippen molar-refractivity contribution >= 4 is 32.5 Å². The summed E-state index contributed by atoms with van der Waals surface area (Å²) in [6.07, 6.45) is 2.03. The number of hydrogen-bond acceptors (Lipinski definition) is 6. The van der Waals surface area contributed by atoms with Gasteiger partial charge >= 0.3 is 0 Å². The number of likely N-dealkylation sites (N-methyl/N-ethyl adjacent to an activating group) is 1. The van der Waals surface area contributed by atoms with E-state index in [0.717, 1.165) is 24.0 Å². The van der Waals surface area contributed by atoms with Crippen LogP contribution in [0.1, 0.15) is 10.4 Å². The van der Waals surface area contributed by atoms with Gasteiger partial charge in [-0.1, -0.05) is 0 Å². The second-order valence-electron chi connectivity index (χ2n) is 8.42. The maximum atomic E-state index is 13.1. The topological polar surface area (TPSA) is 93.1 Å². The second kappa shape index (κ2) is 10.1. The van der Waals surface area contributed by atoms with Gasteiger partial charge in [0.25, 0.3) is 5.91 Å². The minimum atomic E-state index is -3.74.